The fraction of sp³-hybridized carbons (Fsp3) is 0.476. The molecular weight excluding hydrogens is 338 g/mol. The highest BCUT2D eigenvalue weighted by molar-refractivity contribution is 5.90. The molecule has 5 rings (SSSR count). The van der Waals surface area contributed by atoms with E-state index in [1.807, 2.05) is 6.07 Å². The first kappa shape index (κ1) is 16.5. The minimum atomic E-state index is -0.104. The number of aromatic amines is 1. The maximum absolute atomic E-state index is 13.0. The van der Waals surface area contributed by atoms with Crippen molar-refractivity contribution in [2.45, 2.75) is 64.0 Å². The molecule has 1 amide bonds. The van der Waals surface area contributed by atoms with Crippen LogP contribution in [0.15, 0.2) is 24.3 Å². The summed E-state index contributed by atoms with van der Waals surface area (Å²) in [4.78, 5) is 16.5. The van der Waals surface area contributed by atoms with Crippen molar-refractivity contribution in [1.82, 2.24) is 25.1 Å². The molecule has 3 heterocycles. The van der Waals surface area contributed by atoms with Crippen molar-refractivity contribution in [3.8, 4) is 0 Å². The summed E-state index contributed by atoms with van der Waals surface area (Å²) in [7, 11) is 0. The molecule has 2 aromatic heterocycles. The molecular formula is C21H25N5O. The zero-order chi connectivity index (χ0) is 18.2. The lowest BCUT2D eigenvalue weighted by molar-refractivity contribution is -0.123. The molecule has 3 aromatic rings. The SMILES string of the molecule is O=C(NCc1nnc2n1CCCCC2)[C@@H]1CCCc2c1[nH]c1ccccc21. The molecule has 2 N–H and O–H groups in total. The van der Waals surface area contributed by atoms with Crippen LogP contribution in [0.2, 0.25) is 0 Å². The molecule has 0 saturated heterocycles. The lowest BCUT2D eigenvalue weighted by atomic mass is 9.86. The summed E-state index contributed by atoms with van der Waals surface area (Å²) in [6, 6.07) is 8.35. The van der Waals surface area contributed by atoms with Crippen LogP contribution in [0, 0.1) is 0 Å². The summed E-state index contributed by atoms with van der Waals surface area (Å²) in [5.74, 6) is 1.93. The fourth-order valence-corrected chi connectivity index (χ4v) is 4.64. The van der Waals surface area contributed by atoms with E-state index in [9.17, 15) is 4.79 Å². The number of carbonyl (C=O) groups is 1. The number of aromatic nitrogens is 4. The number of rotatable bonds is 3. The third kappa shape index (κ3) is 2.93. The number of H-pyrrole nitrogens is 1. The number of benzene rings is 1. The van der Waals surface area contributed by atoms with Crippen molar-refractivity contribution in [2.24, 2.45) is 0 Å². The van der Waals surface area contributed by atoms with Gasteiger partial charge in [-0.05, 0) is 43.7 Å². The second-order valence-corrected chi connectivity index (χ2v) is 7.72. The highest BCUT2D eigenvalue weighted by Crippen LogP contribution is 2.36. The first-order valence-corrected chi connectivity index (χ1v) is 10.1. The summed E-state index contributed by atoms with van der Waals surface area (Å²) in [6.07, 6.45) is 7.54. The Morgan fingerprint density at radius 1 is 1.15 bits per heavy atom. The molecule has 27 heavy (non-hydrogen) atoms. The van der Waals surface area contributed by atoms with Crippen LogP contribution in [-0.4, -0.2) is 25.7 Å². The molecule has 0 unspecified atom stereocenters. The van der Waals surface area contributed by atoms with Crippen molar-refractivity contribution < 1.29 is 4.79 Å². The summed E-state index contributed by atoms with van der Waals surface area (Å²) in [5.41, 5.74) is 3.54. The Kier molecular flexibility index (Phi) is 4.19. The second-order valence-electron chi connectivity index (χ2n) is 7.72. The molecule has 1 aliphatic heterocycles. The quantitative estimate of drug-likeness (QED) is 0.750. The third-order valence-electron chi connectivity index (χ3n) is 6.04. The maximum atomic E-state index is 13.0. The van der Waals surface area contributed by atoms with E-state index >= 15 is 0 Å². The first-order chi connectivity index (χ1) is 13.3. The Balaban J connectivity index is 1.35. The predicted octanol–water partition coefficient (Wildman–Crippen LogP) is 3.22. The van der Waals surface area contributed by atoms with E-state index in [-0.39, 0.29) is 11.8 Å². The van der Waals surface area contributed by atoms with Gasteiger partial charge in [-0.15, -0.1) is 10.2 Å². The van der Waals surface area contributed by atoms with E-state index in [1.165, 1.54) is 23.8 Å². The van der Waals surface area contributed by atoms with Crippen LogP contribution < -0.4 is 5.32 Å². The Hall–Kier alpha value is -2.63. The highest BCUT2D eigenvalue weighted by Gasteiger charge is 2.29. The average molecular weight is 363 g/mol. The van der Waals surface area contributed by atoms with Gasteiger partial charge in [0, 0.05) is 29.6 Å². The van der Waals surface area contributed by atoms with Crippen LogP contribution in [-0.2, 0) is 30.7 Å². The van der Waals surface area contributed by atoms with Crippen LogP contribution in [0.3, 0.4) is 0 Å². The van der Waals surface area contributed by atoms with Gasteiger partial charge in [-0.1, -0.05) is 24.6 Å². The van der Waals surface area contributed by atoms with Crippen LogP contribution >= 0.6 is 0 Å². The Bertz CT molecular complexity index is 986. The molecule has 140 valence electrons. The number of para-hydroxylation sites is 1. The van der Waals surface area contributed by atoms with Crippen molar-refractivity contribution in [1.29, 1.82) is 0 Å². The predicted molar refractivity (Wildman–Crippen MR) is 103 cm³/mol. The average Bonchev–Trinajstić information content (AvgIpc) is 3.18. The Morgan fingerprint density at radius 3 is 3.04 bits per heavy atom. The molecule has 6 nitrogen and oxygen atoms in total. The van der Waals surface area contributed by atoms with Crippen LogP contribution in [0.25, 0.3) is 10.9 Å². The van der Waals surface area contributed by atoms with E-state index in [0.29, 0.717) is 6.54 Å². The van der Waals surface area contributed by atoms with Gasteiger partial charge in [-0.3, -0.25) is 4.79 Å². The summed E-state index contributed by atoms with van der Waals surface area (Å²) in [5, 5.41) is 13.0. The van der Waals surface area contributed by atoms with Gasteiger partial charge in [0.2, 0.25) is 5.91 Å². The van der Waals surface area contributed by atoms with Gasteiger partial charge >= 0.3 is 0 Å². The van der Waals surface area contributed by atoms with E-state index in [4.69, 9.17) is 0 Å². The first-order valence-electron chi connectivity index (χ1n) is 10.1. The number of amides is 1. The standard InChI is InChI=1S/C21H25N5O/c27-21(22-13-19-25-24-18-11-2-1-5-12-26(18)19)16-9-6-8-15-14-7-3-4-10-17(14)23-20(15)16/h3-4,7,10,16,23H,1-2,5-6,8-9,11-13H2,(H,22,27)/t16-/m1/s1. The van der Waals surface area contributed by atoms with E-state index in [0.717, 1.165) is 61.5 Å². The number of fused-ring (bicyclic) bond motifs is 4. The molecule has 1 aliphatic carbocycles. The second kappa shape index (κ2) is 6.83. The molecule has 0 bridgehead atoms. The summed E-state index contributed by atoms with van der Waals surface area (Å²) < 4.78 is 2.20. The van der Waals surface area contributed by atoms with Crippen LogP contribution in [0.5, 0.6) is 0 Å². The zero-order valence-corrected chi connectivity index (χ0v) is 15.5. The van der Waals surface area contributed by atoms with Gasteiger partial charge in [0.05, 0.1) is 12.5 Å². The number of aryl methyl sites for hydroxylation is 2. The summed E-state index contributed by atoms with van der Waals surface area (Å²) in [6.45, 7) is 1.42. The van der Waals surface area contributed by atoms with E-state index in [1.54, 1.807) is 0 Å². The van der Waals surface area contributed by atoms with Crippen molar-refractivity contribution >= 4 is 16.8 Å². The molecule has 0 saturated carbocycles. The minimum absolute atomic E-state index is 0.0912. The number of nitrogens with one attached hydrogen (secondary N) is 2. The van der Waals surface area contributed by atoms with E-state index < -0.39 is 0 Å². The topological polar surface area (TPSA) is 75.6 Å². The molecule has 1 atom stereocenters. The van der Waals surface area contributed by atoms with Gasteiger partial charge in [0.15, 0.2) is 5.82 Å². The van der Waals surface area contributed by atoms with E-state index in [2.05, 4.69) is 43.3 Å². The van der Waals surface area contributed by atoms with Crippen molar-refractivity contribution in [2.75, 3.05) is 0 Å². The minimum Gasteiger partial charge on any atom is -0.357 e. The van der Waals surface area contributed by atoms with Gasteiger partial charge < -0.3 is 14.9 Å². The molecule has 1 aromatic carbocycles. The number of nitrogens with zero attached hydrogens (tertiary/aromatic N) is 3. The molecule has 2 aliphatic rings. The van der Waals surface area contributed by atoms with Crippen molar-refractivity contribution in [3.05, 3.63) is 47.2 Å². The van der Waals surface area contributed by atoms with Crippen molar-refractivity contribution in [3.63, 3.8) is 0 Å². The van der Waals surface area contributed by atoms with Gasteiger partial charge in [0.25, 0.3) is 0 Å². The van der Waals surface area contributed by atoms with Gasteiger partial charge in [-0.25, -0.2) is 0 Å². The zero-order valence-electron chi connectivity index (χ0n) is 15.5. The lowest BCUT2D eigenvalue weighted by Crippen LogP contribution is -2.32. The Morgan fingerprint density at radius 2 is 2.07 bits per heavy atom. The van der Waals surface area contributed by atoms with Crippen LogP contribution in [0.4, 0.5) is 0 Å². The number of carbonyl (C=O) groups excluding carboxylic acids is 1. The largest absolute Gasteiger partial charge is 0.357 e. The molecule has 6 heteroatoms. The smallest absolute Gasteiger partial charge is 0.229 e. The normalized spacial score (nSPS) is 19.3. The van der Waals surface area contributed by atoms with Crippen LogP contribution in [0.1, 0.15) is 60.9 Å². The maximum Gasteiger partial charge on any atom is 0.229 e. The molecule has 0 radical (unpaired) electrons. The molecule has 0 fully saturated rings. The highest BCUT2D eigenvalue weighted by atomic mass is 16.1. The number of hydrogen-bond acceptors (Lipinski definition) is 3. The third-order valence-corrected chi connectivity index (χ3v) is 6.04. The number of hydrogen-bond donors (Lipinski definition) is 2. The Labute approximate surface area is 158 Å². The summed E-state index contributed by atoms with van der Waals surface area (Å²) >= 11 is 0. The van der Waals surface area contributed by atoms with Gasteiger partial charge in [-0.2, -0.15) is 0 Å². The van der Waals surface area contributed by atoms with Gasteiger partial charge in [0.1, 0.15) is 5.82 Å². The molecule has 0 spiro atoms. The monoisotopic (exact) mass is 363 g/mol. The fourth-order valence-electron chi connectivity index (χ4n) is 4.64. The lowest BCUT2D eigenvalue weighted by Gasteiger charge is -2.22.